The third kappa shape index (κ3) is 4.34. The number of esters is 2. The summed E-state index contributed by atoms with van der Waals surface area (Å²) in [6, 6.07) is 7.89. The van der Waals surface area contributed by atoms with E-state index in [9.17, 15) is 18.0 Å². The lowest BCUT2D eigenvalue weighted by Crippen LogP contribution is -2.19. The van der Waals surface area contributed by atoms with Crippen molar-refractivity contribution in [1.29, 1.82) is 0 Å². The molecule has 0 heterocycles. The Labute approximate surface area is 162 Å². The van der Waals surface area contributed by atoms with E-state index >= 15 is 0 Å². The first kappa shape index (κ1) is 21.0. The quantitative estimate of drug-likeness (QED) is 0.691. The lowest BCUT2D eigenvalue weighted by atomic mass is 10.1. The van der Waals surface area contributed by atoms with E-state index in [1.165, 1.54) is 44.6 Å². The molecule has 1 N–H and O–H groups in total. The third-order valence-corrected chi connectivity index (χ3v) is 5.15. The van der Waals surface area contributed by atoms with Gasteiger partial charge in [-0.05, 0) is 30.3 Å². The van der Waals surface area contributed by atoms with Crippen molar-refractivity contribution in [2.75, 3.05) is 33.2 Å². The van der Waals surface area contributed by atoms with Crippen LogP contribution < -0.4 is 14.2 Å². The minimum Gasteiger partial charge on any atom is -0.493 e. The Morgan fingerprint density at radius 2 is 1.46 bits per heavy atom. The minimum atomic E-state index is -4.26. The first-order valence-corrected chi connectivity index (χ1v) is 9.31. The van der Waals surface area contributed by atoms with Crippen molar-refractivity contribution in [1.82, 2.24) is 0 Å². The molecule has 0 fully saturated rings. The molecule has 0 atom stereocenters. The third-order valence-electron chi connectivity index (χ3n) is 3.73. The minimum absolute atomic E-state index is 0.0390. The number of rotatable bonds is 7. The molecule has 2 aromatic carbocycles. The van der Waals surface area contributed by atoms with Crippen LogP contribution in [0, 0.1) is 0 Å². The SMILES string of the molecule is COC(=O)c1ccc(C(=O)OC)c(S(=O)(=O)Nc2ccc(OC)c(OC)c2)c1. The number of carbonyl (C=O) groups is 2. The van der Waals surface area contributed by atoms with Gasteiger partial charge < -0.3 is 18.9 Å². The van der Waals surface area contributed by atoms with E-state index in [-0.39, 0.29) is 16.8 Å². The average molecular weight is 409 g/mol. The van der Waals surface area contributed by atoms with Crippen molar-refractivity contribution in [2.45, 2.75) is 4.90 Å². The summed E-state index contributed by atoms with van der Waals surface area (Å²) < 4.78 is 47.7. The van der Waals surface area contributed by atoms with Gasteiger partial charge in [-0.2, -0.15) is 0 Å². The number of methoxy groups -OCH3 is 4. The van der Waals surface area contributed by atoms with E-state index in [2.05, 4.69) is 14.2 Å². The molecule has 0 bridgehead atoms. The van der Waals surface area contributed by atoms with Crippen molar-refractivity contribution in [3.63, 3.8) is 0 Å². The fourth-order valence-electron chi connectivity index (χ4n) is 2.38. The van der Waals surface area contributed by atoms with Crippen LogP contribution in [0.2, 0.25) is 0 Å². The normalized spacial score (nSPS) is 10.7. The molecule has 0 spiro atoms. The highest BCUT2D eigenvalue weighted by molar-refractivity contribution is 7.92. The van der Waals surface area contributed by atoms with Crippen LogP contribution in [0.5, 0.6) is 11.5 Å². The van der Waals surface area contributed by atoms with Gasteiger partial charge in [-0.15, -0.1) is 0 Å². The van der Waals surface area contributed by atoms with E-state index < -0.39 is 26.9 Å². The van der Waals surface area contributed by atoms with Crippen molar-refractivity contribution in [2.24, 2.45) is 0 Å². The van der Waals surface area contributed by atoms with E-state index in [1.807, 2.05) is 0 Å². The fraction of sp³-hybridized carbons (Fsp3) is 0.222. The summed E-state index contributed by atoms with van der Waals surface area (Å²) in [5.74, 6) is -0.907. The largest absolute Gasteiger partial charge is 0.493 e. The predicted octanol–water partition coefficient (Wildman–Crippen LogP) is 2.08. The Morgan fingerprint density at radius 1 is 0.821 bits per heavy atom. The topological polar surface area (TPSA) is 117 Å². The van der Waals surface area contributed by atoms with Crippen LogP contribution in [0.25, 0.3) is 0 Å². The van der Waals surface area contributed by atoms with Gasteiger partial charge in [0, 0.05) is 6.07 Å². The van der Waals surface area contributed by atoms with E-state index in [4.69, 9.17) is 9.47 Å². The fourth-order valence-corrected chi connectivity index (χ4v) is 3.65. The Morgan fingerprint density at radius 3 is 2.04 bits per heavy atom. The lowest BCUT2D eigenvalue weighted by Gasteiger charge is -2.14. The molecule has 0 aliphatic heterocycles. The summed E-state index contributed by atoms with van der Waals surface area (Å²) >= 11 is 0. The highest BCUT2D eigenvalue weighted by Gasteiger charge is 2.25. The van der Waals surface area contributed by atoms with Gasteiger partial charge >= 0.3 is 11.9 Å². The van der Waals surface area contributed by atoms with Gasteiger partial charge in [-0.1, -0.05) is 0 Å². The molecule has 2 rings (SSSR count). The smallest absolute Gasteiger partial charge is 0.339 e. The van der Waals surface area contributed by atoms with Crippen LogP contribution in [0.3, 0.4) is 0 Å². The van der Waals surface area contributed by atoms with Crippen LogP contribution in [-0.4, -0.2) is 48.8 Å². The van der Waals surface area contributed by atoms with Crippen LogP contribution in [-0.2, 0) is 19.5 Å². The molecule has 2 aromatic rings. The highest BCUT2D eigenvalue weighted by Crippen LogP contribution is 2.31. The van der Waals surface area contributed by atoms with Crippen molar-refractivity contribution >= 4 is 27.6 Å². The van der Waals surface area contributed by atoms with E-state index in [0.29, 0.717) is 11.5 Å². The summed E-state index contributed by atoms with van der Waals surface area (Å²) in [6.07, 6.45) is 0. The molecular weight excluding hydrogens is 390 g/mol. The molecule has 9 nitrogen and oxygen atoms in total. The predicted molar refractivity (Wildman–Crippen MR) is 99.5 cm³/mol. The Bertz CT molecular complexity index is 1000. The van der Waals surface area contributed by atoms with E-state index in [0.717, 1.165) is 20.3 Å². The molecule has 0 unspecified atom stereocenters. The van der Waals surface area contributed by atoms with Crippen LogP contribution in [0.1, 0.15) is 20.7 Å². The van der Waals surface area contributed by atoms with Gasteiger partial charge in [0.25, 0.3) is 10.0 Å². The van der Waals surface area contributed by atoms with Gasteiger partial charge in [-0.25, -0.2) is 18.0 Å². The van der Waals surface area contributed by atoms with Crippen LogP contribution in [0.4, 0.5) is 5.69 Å². The molecule has 10 heteroatoms. The number of hydrogen-bond acceptors (Lipinski definition) is 8. The van der Waals surface area contributed by atoms with E-state index in [1.54, 1.807) is 0 Å². The first-order chi connectivity index (χ1) is 13.3. The molecule has 0 saturated carbocycles. The Hall–Kier alpha value is -3.27. The van der Waals surface area contributed by atoms with Gasteiger partial charge in [0.2, 0.25) is 0 Å². The highest BCUT2D eigenvalue weighted by atomic mass is 32.2. The lowest BCUT2D eigenvalue weighted by molar-refractivity contribution is 0.0583. The second-order valence-electron chi connectivity index (χ2n) is 5.37. The molecule has 0 aliphatic carbocycles. The van der Waals surface area contributed by atoms with Crippen molar-refractivity contribution in [3.05, 3.63) is 47.5 Å². The Kier molecular flexibility index (Phi) is 6.47. The molecule has 0 radical (unpaired) electrons. The zero-order chi connectivity index (χ0) is 20.9. The van der Waals surface area contributed by atoms with Gasteiger partial charge in [0.05, 0.1) is 45.3 Å². The zero-order valence-electron chi connectivity index (χ0n) is 15.6. The summed E-state index contributed by atoms with van der Waals surface area (Å²) in [7, 11) is 0.871. The maximum absolute atomic E-state index is 12.9. The standard InChI is InChI=1S/C18H19NO8S/c1-24-14-8-6-12(10-15(14)25-2)19-28(22,23)16-9-11(17(20)26-3)5-7-13(16)18(21)27-4/h5-10,19H,1-4H3. The summed E-state index contributed by atoms with van der Waals surface area (Å²) in [5.41, 5.74) is -0.108. The molecule has 0 saturated heterocycles. The van der Waals surface area contributed by atoms with Crippen molar-refractivity contribution in [3.8, 4) is 11.5 Å². The van der Waals surface area contributed by atoms with Gasteiger partial charge in [0.1, 0.15) is 4.90 Å². The van der Waals surface area contributed by atoms with Gasteiger partial charge in [0.15, 0.2) is 11.5 Å². The zero-order valence-corrected chi connectivity index (χ0v) is 16.5. The molecular formula is C18H19NO8S. The number of carbonyl (C=O) groups excluding carboxylic acids is 2. The molecule has 150 valence electrons. The van der Waals surface area contributed by atoms with Crippen LogP contribution in [0.15, 0.2) is 41.3 Å². The summed E-state index contributed by atoms with van der Waals surface area (Å²) in [4.78, 5) is 23.3. The number of anilines is 1. The number of benzene rings is 2. The first-order valence-electron chi connectivity index (χ1n) is 7.83. The number of sulfonamides is 1. The maximum Gasteiger partial charge on any atom is 0.339 e. The van der Waals surface area contributed by atoms with Crippen molar-refractivity contribution < 1.29 is 37.0 Å². The molecule has 0 amide bonds. The summed E-state index contributed by atoms with van der Waals surface area (Å²) in [6.45, 7) is 0. The number of nitrogens with one attached hydrogen (secondary N) is 1. The maximum atomic E-state index is 12.9. The van der Waals surface area contributed by atoms with Crippen LogP contribution >= 0.6 is 0 Å². The second-order valence-corrected chi connectivity index (χ2v) is 7.02. The molecule has 0 aromatic heterocycles. The molecule has 28 heavy (non-hydrogen) atoms. The Balaban J connectivity index is 2.54. The second kappa shape index (κ2) is 8.61. The van der Waals surface area contributed by atoms with Gasteiger partial charge in [-0.3, -0.25) is 4.72 Å². The molecule has 0 aliphatic rings. The summed E-state index contributed by atoms with van der Waals surface area (Å²) in [5, 5.41) is 0. The number of ether oxygens (including phenoxy) is 4. The number of hydrogen-bond donors (Lipinski definition) is 1. The average Bonchev–Trinajstić information content (AvgIpc) is 2.71. The monoisotopic (exact) mass is 409 g/mol.